The number of ether oxygens (including phenoxy) is 1. The number of anilines is 1. The molecule has 0 spiro atoms. The molecule has 0 radical (unpaired) electrons. The van der Waals surface area contributed by atoms with Crippen LogP contribution in [0.5, 0.6) is 0 Å². The average Bonchev–Trinajstić information content (AvgIpc) is 3.29. The van der Waals surface area contributed by atoms with Gasteiger partial charge < -0.3 is 10.1 Å². The summed E-state index contributed by atoms with van der Waals surface area (Å²) in [6.45, 7) is 2.21. The summed E-state index contributed by atoms with van der Waals surface area (Å²) < 4.78 is 6.68. The summed E-state index contributed by atoms with van der Waals surface area (Å²) in [4.78, 5) is 23.7. The summed E-state index contributed by atoms with van der Waals surface area (Å²) in [6, 6.07) is 7.61. The topological polar surface area (TPSA) is 73.2 Å². The Hall–Kier alpha value is -2.63. The number of carbonyl (C=O) groups is 2. The number of rotatable bonds is 7. The van der Waals surface area contributed by atoms with Crippen molar-refractivity contribution in [2.45, 2.75) is 32.1 Å². The molecule has 1 fully saturated rings. The Kier molecular flexibility index (Phi) is 5.16. The summed E-state index contributed by atoms with van der Waals surface area (Å²) in [5.74, 6) is 0.161. The molecule has 0 unspecified atom stereocenters. The van der Waals surface area contributed by atoms with Crippen molar-refractivity contribution in [3.8, 4) is 0 Å². The number of nitrogens with one attached hydrogen (secondary N) is 1. The lowest BCUT2D eigenvalue weighted by Gasteiger charge is -2.06. The smallest absolute Gasteiger partial charge is 0.306 e. The fraction of sp³-hybridized carbons (Fsp3) is 0.421. The highest BCUT2D eigenvalue weighted by atomic mass is 16.5. The molecule has 3 rings (SSSR count). The molecule has 132 valence electrons. The van der Waals surface area contributed by atoms with Crippen molar-refractivity contribution in [2.24, 2.45) is 13.0 Å². The molecule has 1 heterocycles. The van der Waals surface area contributed by atoms with Gasteiger partial charge in [0.1, 0.15) is 0 Å². The van der Waals surface area contributed by atoms with Crippen LogP contribution in [0, 0.1) is 5.92 Å². The quantitative estimate of drug-likeness (QED) is 0.786. The molecule has 1 amide bonds. The lowest BCUT2D eigenvalue weighted by molar-refractivity contribution is -0.143. The monoisotopic (exact) mass is 341 g/mol. The molecular weight excluding hydrogens is 318 g/mol. The van der Waals surface area contributed by atoms with E-state index in [9.17, 15) is 9.59 Å². The molecule has 0 aliphatic heterocycles. The van der Waals surface area contributed by atoms with E-state index in [0.29, 0.717) is 19.4 Å². The summed E-state index contributed by atoms with van der Waals surface area (Å²) in [5.41, 5.74) is 2.95. The van der Waals surface area contributed by atoms with Gasteiger partial charge in [0.05, 0.1) is 12.8 Å². The van der Waals surface area contributed by atoms with Crippen LogP contribution >= 0.6 is 0 Å². The highest BCUT2D eigenvalue weighted by Gasteiger charge is 2.44. The maximum atomic E-state index is 12.3. The minimum atomic E-state index is -0.185. The zero-order valence-corrected chi connectivity index (χ0v) is 14.6. The Bertz CT molecular complexity index is 752. The molecule has 1 aliphatic rings. The highest BCUT2D eigenvalue weighted by Crippen LogP contribution is 2.47. The van der Waals surface area contributed by atoms with Crippen LogP contribution in [0.3, 0.4) is 0 Å². The Morgan fingerprint density at radius 3 is 2.72 bits per heavy atom. The number of amides is 1. The van der Waals surface area contributed by atoms with Crippen LogP contribution in [0.1, 0.15) is 36.8 Å². The fourth-order valence-electron chi connectivity index (χ4n) is 2.95. The van der Waals surface area contributed by atoms with Gasteiger partial charge in [0.25, 0.3) is 0 Å². The number of esters is 1. The standard InChI is InChI=1S/C19H23N3O3/c1-3-25-18(23)9-6-13-4-7-15(8-5-13)21-19(24)17-10-16(17)14-11-20-22(2)12-14/h4-5,7-8,11-12,16-17H,3,6,9-10H2,1-2H3,(H,21,24)/t16-,17-/m0/s1. The molecule has 6 heteroatoms. The van der Waals surface area contributed by atoms with Crippen molar-refractivity contribution in [3.63, 3.8) is 0 Å². The predicted octanol–water partition coefficient (Wildman–Crippen LogP) is 2.66. The van der Waals surface area contributed by atoms with E-state index in [1.54, 1.807) is 11.6 Å². The van der Waals surface area contributed by atoms with Crippen LogP contribution in [0.4, 0.5) is 5.69 Å². The minimum Gasteiger partial charge on any atom is -0.466 e. The Morgan fingerprint density at radius 1 is 1.32 bits per heavy atom. The Labute approximate surface area is 147 Å². The van der Waals surface area contributed by atoms with Crippen molar-refractivity contribution in [1.82, 2.24) is 9.78 Å². The van der Waals surface area contributed by atoms with Gasteiger partial charge in [-0.05, 0) is 48.9 Å². The van der Waals surface area contributed by atoms with Crippen molar-refractivity contribution in [3.05, 3.63) is 47.8 Å². The summed E-state index contributed by atoms with van der Waals surface area (Å²) >= 11 is 0. The van der Waals surface area contributed by atoms with E-state index >= 15 is 0 Å². The van der Waals surface area contributed by atoms with Gasteiger partial charge in [-0.1, -0.05) is 12.1 Å². The summed E-state index contributed by atoms with van der Waals surface area (Å²) in [6.07, 6.45) is 5.68. The highest BCUT2D eigenvalue weighted by molar-refractivity contribution is 5.95. The van der Waals surface area contributed by atoms with Crippen molar-refractivity contribution >= 4 is 17.6 Å². The van der Waals surface area contributed by atoms with Crippen LogP contribution in [-0.4, -0.2) is 28.3 Å². The first-order valence-corrected chi connectivity index (χ1v) is 8.60. The maximum absolute atomic E-state index is 12.3. The van der Waals surface area contributed by atoms with Crippen molar-refractivity contribution < 1.29 is 14.3 Å². The molecule has 6 nitrogen and oxygen atoms in total. The molecule has 1 aromatic carbocycles. The number of carbonyl (C=O) groups excluding carboxylic acids is 2. The first kappa shape index (κ1) is 17.2. The third kappa shape index (κ3) is 4.47. The van der Waals surface area contributed by atoms with E-state index in [1.807, 2.05) is 43.7 Å². The summed E-state index contributed by atoms with van der Waals surface area (Å²) in [5, 5.41) is 7.12. The first-order valence-electron chi connectivity index (χ1n) is 8.60. The SMILES string of the molecule is CCOC(=O)CCc1ccc(NC(=O)[C@H]2C[C@H]2c2cnn(C)c2)cc1. The first-order chi connectivity index (χ1) is 12.1. The Balaban J connectivity index is 1.48. The molecule has 0 bridgehead atoms. The van der Waals surface area contributed by atoms with E-state index in [2.05, 4.69) is 10.4 Å². The van der Waals surface area contributed by atoms with Gasteiger partial charge in [-0.15, -0.1) is 0 Å². The van der Waals surface area contributed by atoms with Gasteiger partial charge >= 0.3 is 5.97 Å². The molecule has 1 saturated carbocycles. The second-order valence-electron chi connectivity index (χ2n) is 6.39. The van der Waals surface area contributed by atoms with E-state index in [1.165, 1.54) is 0 Å². The second kappa shape index (κ2) is 7.51. The molecule has 1 aliphatic carbocycles. The van der Waals surface area contributed by atoms with Gasteiger partial charge in [-0.2, -0.15) is 5.10 Å². The third-order valence-electron chi connectivity index (χ3n) is 4.42. The number of aromatic nitrogens is 2. The number of hydrogen-bond donors (Lipinski definition) is 1. The van der Waals surface area contributed by atoms with Crippen molar-refractivity contribution in [1.29, 1.82) is 0 Å². The van der Waals surface area contributed by atoms with Crippen LogP contribution in [0.25, 0.3) is 0 Å². The normalized spacial score (nSPS) is 18.6. The average molecular weight is 341 g/mol. The molecule has 2 aromatic rings. The van der Waals surface area contributed by atoms with E-state index in [0.717, 1.165) is 23.2 Å². The molecule has 0 saturated heterocycles. The number of hydrogen-bond acceptors (Lipinski definition) is 4. The van der Waals surface area contributed by atoms with Gasteiger partial charge in [0.15, 0.2) is 0 Å². The van der Waals surface area contributed by atoms with Gasteiger partial charge in [-0.3, -0.25) is 14.3 Å². The minimum absolute atomic E-state index is 0.0210. The predicted molar refractivity (Wildman–Crippen MR) is 94.1 cm³/mol. The van der Waals surface area contributed by atoms with Crippen molar-refractivity contribution in [2.75, 3.05) is 11.9 Å². The lowest BCUT2D eigenvalue weighted by atomic mass is 10.1. The Morgan fingerprint density at radius 2 is 2.08 bits per heavy atom. The number of aryl methyl sites for hydroxylation is 2. The largest absolute Gasteiger partial charge is 0.466 e. The maximum Gasteiger partial charge on any atom is 0.306 e. The zero-order chi connectivity index (χ0) is 17.8. The van der Waals surface area contributed by atoms with Crippen LogP contribution in [0.15, 0.2) is 36.7 Å². The van der Waals surface area contributed by atoms with E-state index < -0.39 is 0 Å². The van der Waals surface area contributed by atoms with E-state index in [-0.39, 0.29) is 23.7 Å². The molecule has 2 atom stereocenters. The molecule has 25 heavy (non-hydrogen) atoms. The van der Waals surface area contributed by atoms with E-state index in [4.69, 9.17) is 4.74 Å². The summed E-state index contributed by atoms with van der Waals surface area (Å²) in [7, 11) is 1.88. The zero-order valence-electron chi connectivity index (χ0n) is 14.6. The van der Waals surface area contributed by atoms with Gasteiger partial charge in [0.2, 0.25) is 5.91 Å². The molecular formula is C19H23N3O3. The van der Waals surface area contributed by atoms with Crippen LogP contribution < -0.4 is 5.32 Å². The fourth-order valence-corrected chi connectivity index (χ4v) is 2.95. The molecule has 1 aromatic heterocycles. The molecule has 1 N–H and O–H groups in total. The number of nitrogens with zero attached hydrogens (tertiary/aromatic N) is 2. The van der Waals surface area contributed by atoms with Gasteiger partial charge in [-0.25, -0.2) is 0 Å². The second-order valence-corrected chi connectivity index (χ2v) is 6.39. The lowest BCUT2D eigenvalue weighted by Crippen LogP contribution is -2.14. The van der Waals surface area contributed by atoms with Gasteiger partial charge in [0, 0.05) is 31.3 Å². The third-order valence-corrected chi connectivity index (χ3v) is 4.42. The van der Waals surface area contributed by atoms with Crippen LogP contribution in [-0.2, 0) is 27.8 Å². The van der Waals surface area contributed by atoms with Crippen LogP contribution in [0.2, 0.25) is 0 Å². The number of benzene rings is 1.